The standard InChI is InChI=1S/C7H10N2.C3H5I2N.Pt/c1-3-4-9-6-5-8(2)7-9;4-6(5)3-1-2-3;/h3,5-6H,1,4H2,2H3;3H,1-2H2;. The van der Waals surface area contributed by atoms with Crippen LogP contribution in [0.3, 0.4) is 0 Å². The van der Waals surface area contributed by atoms with Gasteiger partial charge in [0.25, 0.3) is 0 Å². The Labute approximate surface area is 135 Å². The molecule has 94 valence electrons. The van der Waals surface area contributed by atoms with E-state index in [-0.39, 0.29) is 0 Å². The molecule has 1 saturated carbocycles. The molecular weight excluding hydrogens is 611 g/mol. The van der Waals surface area contributed by atoms with Crippen molar-refractivity contribution in [1.82, 2.24) is 10.5 Å². The summed E-state index contributed by atoms with van der Waals surface area (Å²) in [5, 5.41) is 0. The van der Waals surface area contributed by atoms with Gasteiger partial charge in [0.2, 0.25) is 0 Å². The number of imidazole rings is 1. The maximum absolute atomic E-state index is 3.67. The molecule has 0 aliphatic heterocycles. The van der Waals surface area contributed by atoms with Gasteiger partial charge in [-0.25, -0.2) is 0 Å². The molecule has 0 N–H and O–H groups in total. The summed E-state index contributed by atoms with van der Waals surface area (Å²) < 4.78 is 7.65. The first-order valence-electron chi connectivity index (χ1n) is 4.95. The summed E-state index contributed by atoms with van der Waals surface area (Å²) in [7, 11) is 2.03. The summed E-state index contributed by atoms with van der Waals surface area (Å²) in [6.45, 7) is 4.56. The van der Waals surface area contributed by atoms with Gasteiger partial charge >= 0.3 is 70.9 Å². The Kier molecular flexibility index (Phi) is 7.07. The minimum atomic E-state index is 0.889. The number of aromatic nitrogens is 2. The average Bonchev–Trinajstić information content (AvgIpc) is 3.03. The maximum Gasteiger partial charge on any atom is 0.0311 e. The topological polar surface area (TPSA) is 13.1 Å². The molecule has 0 unspecified atom stereocenters. The maximum atomic E-state index is 3.67. The van der Waals surface area contributed by atoms with E-state index in [1.54, 1.807) is 0 Å². The van der Waals surface area contributed by atoms with Crippen molar-refractivity contribution in [2.75, 3.05) is 0 Å². The number of allylic oxidation sites excluding steroid dienone is 1. The normalized spacial score (nSPS) is 14.6. The summed E-state index contributed by atoms with van der Waals surface area (Å²) in [6, 6.07) is 0.909. The Morgan fingerprint density at radius 1 is 1.56 bits per heavy atom. The number of rotatable bonds is 3. The van der Waals surface area contributed by atoms with Crippen molar-refractivity contribution < 1.29 is 19.4 Å². The zero-order valence-corrected chi connectivity index (χ0v) is 15.6. The molecule has 0 atom stereocenters. The molecule has 1 aromatic rings. The average molecular weight is 626 g/mol. The summed E-state index contributed by atoms with van der Waals surface area (Å²) in [5.74, 6) is 0. The van der Waals surface area contributed by atoms with Gasteiger partial charge in [-0.1, -0.05) is 0 Å². The van der Waals surface area contributed by atoms with E-state index in [1.807, 2.05) is 25.5 Å². The first kappa shape index (κ1) is 15.1. The first-order valence-corrected chi connectivity index (χ1v) is 8.01. The van der Waals surface area contributed by atoms with Crippen molar-refractivity contribution in [3.63, 3.8) is 0 Å². The Bertz CT molecular complexity index is 393. The second-order valence-corrected chi connectivity index (χ2v) is 8.52. The van der Waals surface area contributed by atoms with E-state index in [0.29, 0.717) is 0 Å². The second kappa shape index (κ2) is 7.48. The van der Waals surface area contributed by atoms with E-state index < -0.39 is 0 Å². The molecule has 16 heavy (non-hydrogen) atoms. The molecule has 0 spiro atoms. The van der Waals surface area contributed by atoms with E-state index >= 15 is 0 Å². The Hall–Kier alpha value is 1.06. The van der Waals surface area contributed by atoms with Gasteiger partial charge in [-0.2, -0.15) is 1.33 Å². The van der Waals surface area contributed by atoms with Gasteiger partial charge in [0.05, 0.1) is 0 Å². The molecule has 0 aromatic carbocycles. The fourth-order valence-electron chi connectivity index (χ4n) is 1.04. The molecule has 3 nitrogen and oxygen atoms in total. The molecular formula is C10H15I2N3Pt. The molecule has 2 rings (SSSR count). The molecule has 0 bridgehead atoms. The number of hydrogen-bond acceptors (Lipinski definition) is 1. The van der Waals surface area contributed by atoms with E-state index in [9.17, 15) is 0 Å². The molecule has 1 fully saturated rings. The van der Waals surface area contributed by atoms with Crippen LogP contribution in [0, 0.1) is 3.80 Å². The number of nitrogens with zero attached hydrogens (tertiary/aromatic N) is 3. The van der Waals surface area contributed by atoms with Gasteiger partial charge in [0, 0.05) is 51.8 Å². The molecule has 0 saturated heterocycles. The van der Waals surface area contributed by atoms with Gasteiger partial charge in [0.15, 0.2) is 0 Å². The number of hydrogen-bond donors (Lipinski definition) is 0. The molecule has 6 heteroatoms. The van der Waals surface area contributed by atoms with Gasteiger partial charge in [-0.3, -0.25) is 0 Å². The van der Waals surface area contributed by atoms with Crippen LogP contribution in [-0.4, -0.2) is 16.5 Å². The van der Waals surface area contributed by atoms with Crippen LogP contribution in [0.15, 0.2) is 25.0 Å². The monoisotopic (exact) mass is 626 g/mol. The van der Waals surface area contributed by atoms with E-state index in [4.69, 9.17) is 0 Å². The van der Waals surface area contributed by atoms with E-state index in [0.717, 1.165) is 12.6 Å². The van der Waals surface area contributed by atoms with Gasteiger partial charge in [0.1, 0.15) is 0 Å². The summed E-state index contributed by atoms with van der Waals surface area (Å²) >= 11 is 6.92. The second-order valence-electron chi connectivity index (χ2n) is 3.58. The van der Waals surface area contributed by atoms with Crippen LogP contribution in [-0.2, 0) is 32.9 Å². The SMILES string of the molecule is C=CCn1ccn(C)[c]1=[Pt].IN(I)C1CC1. The van der Waals surface area contributed by atoms with Crippen LogP contribution in [0.25, 0.3) is 0 Å². The third-order valence-electron chi connectivity index (χ3n) is 2.11. The Morgan fingerprint density at radius 3 is 2.44 bits per heavy atom. The third-order valence-corrected chi connectivity index (χ3v) is 5.14. The van der Waals surface area contributed by atoms with Crippen LogP contribution in [0.5, 0.6) is 0 Å². The van der Waals surface area contributed by atoms with E-state index in [2.05, 4.69) is 82.1 Å². The Balaban J connectivity index is 0.000000181. The van der Waals surface area contributed by atoms with Crippen LogP contribution in [0.1, 0.15) is 12.8 Å². The van der Waals surface area contributed by atoms with Gasteiger partial charge in [-0.05, 0) is 12.8 Å². The smallest absolute Gasteiger partial charge is 0.0311 e. The van der Waals surface area contributed by atoms with Gasteiger partial charge in [-0.15, -0.1) is 0 Å². The third kappa shape index (κ3) is 5.14. The number of halogens is 2. The van der Waals surface area contributed by atoms with Crippen molar-refractivity contribution in [2.24, 2.45) is 7.05 Å². The summed E-state index contributed by atoms with van der Waals surface area (Å²) in [6.07, 6.45) is 8.79. The van der Waals surface area contributed by atoms with Crippen LogP contribution in [0.2, 0.25) is 0 Å². The summed E-state index contributed by atoms with van der Waals surface area (Å²) in [5.41, 5.74) is 0. The quantitative estimate of drug-likeness (QED) is 0.286. The molecule has 1 aromatic heterocycles. The molecule has 1 aliphatic rings. The van der Waals surface area contributed by atoms with Crippen molar-refractivity contribution >= 4 is 45.7 Å². The summed E-state index contributed by atoms with van der Waals surface area (Å²) in [4.78, 5) is 0. The minimum absolute atomic E-state index is 0.889. The zero-order valence-electron chi connectivity index (χ0n) is 9.05. The molecule has 0 radical (unpaired) electrons. The molecule has 1 aliphatic carbocycles. The minimum Gasteiger partial charge on any atom is -0.185 e. The van der Waals surface area contributed by atoms with E-state index in [1.165, 1.54) is 16.6 Å². The van der Waals surface area contributed by atoms with Crippen LogP contribution < -0.4 is 0 Å². The fraction of sp³-hybridized carbons (Fsp3) is 0.500. The van der Waals surface area contributed by atoms with Crippen molar-refractivity contribution in [3.05, 3.63) is 28.9 Å². The largest absolute Gasteiger partial charge is 0.185 e. The Morgan fingerprint density at radius 2 is 2.19 bits per heavy atom. The van der Waals surface area contributed by atoms with Crippen LogP contribution >= 0.6 is 45.7 Å². The predicted octanol–water partition coefficient (Wildman–Crippen LogP) is 3.24. The molecule has 1 heterocycles. The molecule has 0 amide bonds. The van der Waals surface area contributed by atoms with Crippen LogP contribution in [0.4, 0.5) is 0 Å². The number of aryl methyl sites for hydroxylation is 1. The van der Waals surface area contributed by atoms with Gasteiger partial charge < -0.3 is 0 Å². The predicted molar refractivity (Wildman–Crippen MR) is 79.7 cm³/mol. The zero-order chi connectivity index (χ0) is 12.1. The van der Waals surface area contributed by atoms with Crippen molar-refractivity contribution in [3.8, 4) is 0 Å². The first-order chi connectivity index (χ1) is 7.56. The fourth-order valence-corrected chi connectivity index (χ4v) is 2.70. The van der Waals surface area contributed by atoms with Crippen molar-refractivity contribution in [2.45, 2.75) is 25.4 Å². The van der Waals surface area contributed by atoms with Crippen molar-refractivity contribution in [1.29, 1.82) is 0 Å².